The lowest BCUT2D eigenvalue weighted by Crippen LogP contribution is -2.45. The van der Waals surface area contributed by atoms with Crippen LogP contribution in [0.15, 0.2) is 65.6 Å². The third-order valence-corrected chi connectivity index (χ3v) is 8.51. The minimum Gasteiger partial charge on any atom is -0.324 e. The number of anilines is 3. The molecule has 1 amide bonds. The number of benzene rings is 3. The van der Waals surface area contributed by atoms with Crippen molar-refractivity contribution in [3.63, 3.8) is 0 Å². The van der Waals surface area contributed by atoms with Crippen LogP contribution in [0.1, 0.15) is 29.2 Å². The molecular formula is C26H31N3O5S2. The molecule has 3 rings (SSSR count). The zero-order chi connectivity index (χ0) is 26.8. The monoisotopic (exact) mass is 529 g/mol. The van der Waals surface area contributed by atoms with Crippen molar-refractivity contribution in [3.05, 3.63) is 82.9 Å². The van der Waals surface area contributed by atoms with E-state index < -0.39 is 32.0 Å². The van der Waals surface area contributed by atoms with Crippen molar-refractivity contribution in [3.8, 4) is 0 Å². The molecule has 1 atom stereocenters. The Kier molecular flexibility index (Phi) is 7.80. The van der Waals surface area contributed by atoms with Crippen LogP contribution in [-0.4, -0.2) is 35.0 Å². The van der Waals surface area contributed by atoms with Gasteiger partial charge in [0.15, 0.2) is 0 Å². The summed E-state index contributed by atoms with van der Waals surface area (Å²) < 4.78 is 54.4. The lowest BCUT2D eigenvalue weighted by Gasteiger charge is -2.29. The molecule has 0 saturated carbocycles. The van der Waals surface area contributed by atoms with E-state index in [2.05, 4.69) is 10.0 Å². The van der Waals surface area contributed by atoms with E-state index in [0.29, 0.717) is 17.1 Å². The summed E-state index contributed by atoms with van der Waals surface area (Å²) in [6, 6.07) is 15.3. The number of nitrogens with zero attached hydrogens (tertiary/aromatic N) is 1. The highest BCUT2D eigenvalue weighted by Gasteiger charge is 2.30. The zero-order valence-electron chi connectivity index (χ0n) is 21.2. The van der Waals surface area contributed by atoms with Crippen LogP contribution >= 0.6 is 0 Å². The Morgan fingerprint density at radius 1 is 0.778 bits per heavy atom. The van der Waals surface area contributed by atoms with Crippen molar-refractivity contribution in [2.24, 2.45) is 0 Å². The van der Waals surface area contributed by atoms with Gasteiger partial charge in [0.1, 0.15) is 6.04 Å². The highest BCUT2D eigenvalue weighted by atomic mass is 32.2. The van der Waals surface area contributed by atoms with Gasteiger partial charge in [-0.1, -0.05) is 18.2 Å². The Bertz CT molecular complexity index is 1500. The van der Waals surface area contributed by atoms with E-state index >= 15 is 0 Å². The van der Waals surface area contributed by atoms with Crippen molar-refractivity contribution in [2.75, 3.05) is 20.6 Å². The van der Waals surface area contributed by atoms with Gasteiger partial charge in [-0.3, -0.25) is 13.8 Å². The molecule has 0 saturated heterocycles. The maximum absolute atomic E-state index is 13.0. The van der Waals surface area contributed by atoms with E-state index in [-0.39, 0.29) is 4.90 Å². The molecule has 0 aliphatic rings. The van der Waals surface area contributed by atoms with Gasteiger partial charge in [-0.25, -0.2) is 16.8 Å². The summed E-state index contributed by atoms with van der Waals surface area (Å²) in [6.07, 6.45) is 1.06. The molecule has 3 aromatic rings. The van der Waals surface area contributed by atoms with Crippen molar-refractivity contribution in [1.82, 2.24) is 0 Å². The van der Waals surface area contributed by atoms with Crippen LogP contribution in [0.5, 0.6) is 0 Å². The number of sulfonamides is 2. The highest BCUT2D eigenvalue weighted by molar-refractivity contribution is 7.92. The number of nitrogens with one attached hydrogen (secondary N) is 2. The predicted octanol–water partition coefficient (Wildman–Crippen LogP) is 4.51. The molecule has 10 heteroatoms. The molecule has 0 aliphatic heterocycles. The molecule has 0 unspecified atom stereocenters. The maximum Gasteiger partial charge on any atom is 0.261 e. The minimum atomic E-state index is -3.83. The van der Waals surface area contributed by atoms with Crippen LogP contribution in [0, 0.1) is 27.7 Å². The lowest BCUT2D eigenvalue weighted by molar-refractivity contribution is -0.116. The number of carbonyl (C=O) groups is 1. The number of carbonyl (C=O) groups excluding carboxylic acids is 1. The summed E-state index contributed by atoms with van der Waals surface area (Å²) in [5.74, 6) is -0.551. The number of amides is 1. The summed E-state index contributed by atoms with van der Waals surface area (Å²) in [5, 5.41) is 2.68. The van der Waals surface area contributed by atoms with Crippen LogP contribution in [0.3, 0.4) is 0 Å². The molecule has 36 heavy (non-hydrogen) atoms. The van der Waals surface area contributed by atoms with Gasteiger partial charge >= 0.3 is 0 Å². The quantitative estimate of drug-likeness (QED) is 0.446. The number of hydrogen-bond acceptors (Lipinski definition) is 5. The maximum atomic E-state index is 13.0. The van der Waals surface area contributed by atoms with Crippen molar-refractivity contribution in [2.45, 2.75) is 45.6 Å². The first-order chi connectivity index (χ1) is 16.7. The molecule has 0 radical (unpaired) electrons. The first-order valence-corrected chi connectivity index (χ1v) is 14.6. The first kappa shape index (κ1) is 27.2. The molecule has 192 valence electrons. The topological polar surface area (TPSA) is 113 Å². The minimum absolute atomic E-state index is 0.0277. The summed E-state index contributed by atoms with van der Waals surface area (Å²) >= 11 is 0. The van der Waals surface area contributed by atoms with Crippen LogP contribution in [0.2, 0.25) is 0 Å². The van der Waals surface area contributed by atoms with Crippen LogP contribution in [0.4, 0.5) is 17.1 Å². The smallest absolute Gasteiger partial charge is 0.261 e. The van der Waals surface area contributed by atoms with E-state index in [1.165, 1.54) is 31.2 Å². The SMILES string of the molecule is Cc1ccc(C)c(N([C@H](C)C(=O)Nc2ccc(S(=O)(=O)Nc3ccc(C)c(C)c3)cc2)S(C)(=O)=O)c1. The number of aryl methyl sites for hydroxylation is 4. The lowest BCUT2D eigenvalue weighted by atomic mass is 10.1. The van der Waals surface area contributed by atoms with Crippen molar-refractivity contribution >= 4 is 43.0 Å². The first-order valence-electron chi connectivity index (χ1n) is 11.3. The Labute approximate surface area is 213 Å². The summed E-state index contributed by atoms with van der Waals surface area (Å²) in [7, 11) is -7.60. The Morgan fingerprint density at radius 3 is 1.94 bits per heavy atom. The molecular weight excluding hydrogens is 498 g/mol. The second-order valence-corrected chi connectivity index (χ2v) is 12.5. The standard InChI is InChI=1S/C26H31N3O5S2/c1-17-7-8-19(3)25(15-17)29(35(6,31)32)21(5)26(30)27-22-11-13-24(14-12-22)36(33,34)28-23-10-9-18(2)20(4)16-23/h7-16,21,28H,1-6H3,(H,27,30)/t21-/m1/s1. The van der Waals surface area contributed by atoms with Gasteiger partial charge in [0.25, 0.3) is 10.0 Å². The van der Waals surface area contributed by atoms with E-state index in [1.807, 2.05) is 32.9 Å². The molecule has 0 bridgehead atoms. The average molecular weight is 530 g/mol. The molecule has 2 N–H and O–H groups in total. The molecule has 0 spiro atoms. The van der Waals surface area contributed by atoms with Gasteiger partial charge in [-0.15, -0.1) is 0 Å². The Hall–Kier alpha value is -3.37. The van der Waals surface area contributed by atoms with Crippen LogP contribution in [0.25, 0.3) is 0 Å². The second-order valence-electron chi connectivity index (χ2n) is 8.94. The van der Waals surface area contributed by atoms with Gasteiger partial charge in [0, 0.05) is 11.4 Å². The fourth-order valence-corrected chi connectivity index (χ4v) is 5.99. The molecule has 0 fully saturated rings. The largest absolute Gasteiger partial charge is 0.324 e. The molecule has 0 aliphatic carbocycles. The molecule has 0 aromatic heterocycles. The van der Waals surface area contributed by atoms with Gasteiger partial charge in [-0.05, 0) is 99.3 Å². The Morgan fingerprint density at radius 2 is 1.36 bits per heavy atom. The van der Waals surface area contributed by atoms with Crippen molar-refractivity contribution < 1.29 is 21.6 Å². The fraction of sp³-hybridized carbons (Fsp3) is 0.269. The van der Waals surface area contributed by atoms with Gasteiger partial charge in [0.2, 0.25) is 15.9 Å². The third kappa shape index (κ3) is 6.24. The third-order valence-electron chi connectivity index (χ3n) is 5.88. The Balaban J connectivity index is 1.79. The second kappa shape index (κ2) is 10.3. The summed E-state index contributed by atoms with van der Waals surface area (Å²) in [5.41, 5.74) is 4.83. The van der Waals surface area contributed by atoms with Gasteiger partial charge < -0.3 is 5.32 Å². The zero-order valence-corrected chi connectivity index (χ0v) is 22.8. The number of rotatable bonds is 8. The predicted molar refractivity (Wildman–Crippen MR) is 144 cm³/mol. The van der Waals surface area contributed by atoms with E-state index in [4.69, 9.17) is 0 Å². The van der Waals surface area contributed by atoms with E-state index in [9.17, 15) is 21.6 Å². The van der Waals surface area contributed by atoms with E-state index in [0.717, 1.165) is 32.8 Å². The summed E-state index contributed by atoms with van der Waals surface area (Å²) in [6.45, 7) is 8.97. The molecule has 3 aromatic carbocycles. The van der Waals surface area contributed by atoms with E-state index in [1.54, 1.807) is 31.2 Å². The molecule has 8 nitrogen and oxygen atoms in total. The number of hydrogen-bond donors (Lipinski definition) is 2. The van der Waals surface area contributed by atoms with Crippen LogP contribution < -0.4 is 14.3 Å². The highest BCUT2D eigenvalue weighted by Crippen LogP contribution is 2.27. The van der Waals surface area contributed by atoms with Crippen LogP contribution in [-0.2, 0) is 24.8 Å². The molecule has 0 heterocycles. The van der Waals surface area contributed by atoms with Gasteiger partial charge in [0.05, 0.1) is 16.8 Å². The van der Waals surface area contributed by atoms with Crippen molar-refractivity contribution in [1.29, 1.82) is 0 Å². The van der Waals surface area contributed by atoms with Gasteiger partial charge in [-0.2, -0.15) is 0 Å². The average Bonchev–Trinajstić information content (AvgIpc) is 2.78. The normalized spacial score (nSPS) is 12.6. The fourth-order valence-electron chi connectivity index (χ4n) is 3.72. The summed E-state index contributed by atoms with van der Waals surface area (Å²) in [4.78, 5) is 13.0.